The fraction of sp³-hybridized carbons (Fsp3) is 0.200. The van der Waals surface area contributed by atoms with Gasteiger partial charge in [0.05, 0.1) is 12.1 Å². The van der Waals surface area contributed by atoms with Gasteiger partial charge in [-0.05, 0) is 42.3 Å². The maximum absolute atomic E-state index is 12.9. The Bertz CT molecular complexity index is 925. The largest absolute Gasteiger partial charge is 0.449 e. The molecular weight excluding hydrogens is 363 g/mol. The van der Waals surface area contributed by atoms with Crippen molar-refractivity contribution in [1.82, 2.24) is 20.1 Å². The number of nitrogens with one attached hydrogen (secondary N) is 1. The molecule has 3 rings (SSSR count). The van der Waals surface area contributed by atoms with Gasteiger partial charge in [-0.2, -0.15) is 5.10 Å². The smallest absolute Gasteiger partial charge is 0.338 e. The van der Waals surface area contributed by atoms with E-state index in [0.29, 0.717) is 12.1 Å². The van der Waals surface area contributed by atoms with Gasteiger partial charge < -0.3 is 10.1 Å². The number of aromatic nitrogens is 3. The Hall–Kier alpha value is -3.55. The van der Waals surface area contributed by atoms with Gasteiger partial charge in [-0.1, -0.05) is 24.3 Å². The third kappa shape index (κ3) is 5.23. The molecule has 0 bridgehead atoms. The Morgan fingerprint density at radius 1 is 1.11 bits per heavy atom. The van der Waals surface area contributed by atoms with E-state index in [-0.39, 0.29) is 12.4 Å². The Morgan fingerprint density at radius 2 is 1.79 bits per heavy atom. The summed E-state index contributed by atoms with van der Waals surface area (Å²) in [5, 5.41) is 6.68. The summed E-state index contributed by atoms with van der Waals surface area (Å²) >= 11 is 0. The van der Waals surface area contributed by atoms with Crippen molar-refractivity contribution in [2.24, 2.45) is 0 Å². The van der Waals surface area contributed by atoms with Crippen LogP contribution in [0.25, 0.3) is 0 Å². The zero-order valence-corrected chi connectivity index (χ0v) is 15.2. The highest BCUT2D eigenvalue weighted by Crippen LogP contribution is 2.09. The number of benzene rings is 2. The first-order valence-corrected chi connectivity index (χ1v) is 8.66. The van der Waals surface area contributed by atoms with E-state index in [9.17, 15) is 14.0 Å². The van der Waals surface area contributed by atoms with Crippen LogP contribution in [0.3, 0.4) is 0 Å². The summed E-state index contributed by atoms with van der Waals surface area (Å²) in [7, 11) is 0. The molecule has 7 nitrogen and oxygen atoms in total. The van der Waals surface area contributed by atoms with Crippen molar-refractivity contribution in [2.75, 3.05) is 0 Å². The quantitative estimate of drug-likeness (QED) is 0.634. The molecule has 0 saturated carbocycles. The molecule has 0 aliphatic rings. The normalized spacial score (nSPS) is 11.6. The summed E-state index contributed by atoms with van der Waals surface area (Å²) in [6.07, 6.45) is 2.10. The monoisotopic (exact) mass is 382 g/mol. The first-order valence-electron chi connectivity index (χ1n) is 8.66. The van der Waals surface area contributed by atoms with Gasteiger partial charge in [-0.25, -0.2) is 18.9 Å². The molecule has 1 aromatic heterocycles. The van der Waals surface area contributed by atoms with E-state index >= 15 is 0 Å². The van der Waals surface area contributed by atoms with E-state index < -0.39 is 18.0 Å². The number of halogens is 1. The summed E-state index contributed by atoms with van der Waals surface area (Å²) < 4.78 is 19.8. The van der Waals surface area contributed by atoms with Crippen LogP contribution in [0, 0.1) is 5.82 Å². The molecule has 0 aliphatic carbocycles. The van der Waals surface area contributed by atoms with Crippen molar-refractivity contribution in [2.45, 2.75) is 26.1 Å². The minimum atomic E-state index is -0.956. The van der Waals surface area contributed by atoms with Crippen LogP contribution < -0.4 is 5.32 Å². The Labute approximate surface area is 161 Å². The third-order valence-electron chi connectivity index (χ3n) is 4.03. The Balaban J connectivity index is 1.50. The molecule has 0 fully saturated rings. The second-order valence-electron chi connectivity index (χ2n) is 6.18. The molecule has 1 amide bonds. The van der Waals surface area contributed by atoms with Gasteiger partial charge in [0, 0.05) is 6.54 Å². The van der Waals surface area contributed by atoms with Gasteiger partial charge in [-0.3, -0.25) is 4.79 Å². The number of carbonyl (C=O) groups excluding carboxylic acids is 2. The zero-order chi connectivity index (χ0) is 19.9. The van der Waals surface area contributed by atoms with Crippen LogP contribution in [0.5, 0.6) is 0 Å². The SMILES string of the molecule is CC(OC(=O)c1ccc(Cn2cncn2)cc1)C(=O)NCc1ccc(F)cc1. The van der Waals surface area contributed by atoms with Crippen LogP contribution in [0.2, 0.25) is 0 Å². The highest BCUT2D eigenvalue weighted by Gasteiger charge is 2.18. The second-order valence-corrected chi connectivity index (χ2v) is 6.18. The van der Waals surface area contributed by atoms with Crippen molar-refractivity contribution < 1.29 is 18.7 Å². The van der Waals surface area contributed by atoms with Gasteiger partial charge in [-0.15, -0.1) is 0 Å². The highest BCUT2D eigenvalue weighted by atomic mass is 19.1. The lowest BCUT2D eigenvalue weighted by atomic mass is 10.1. The van der Waals surface area contributed by atoms with Gasteiger partial charge in [0.25, 0.3) is 5.91 Å². The molecule has 0 saturated heterocycles. The van der Waals surface area contributed by atoms with Crippen molar-refractivity contribution in [3.05, 3.63) is 83.7 Å². The first kappa shape index (κ1) is 19.2. The fourth-order valence-corrected chi connectivity index (χ4v) is 2.46. The standard InChI is InChI=1S/C20H19FN4O3/c1-14(19(26)23-10-15-4-8-18(21)9-5-15)28-20(27)17-6-2-16(3-7-17)11-25-13-22-12-24-25/h2-9,12-14H,10-11H2,1H3,(H,23,26). The van der Waals surface area contributed by atoms with Crippen LogP contribution in [-0.2, 0) is 22.6 Å². The predicted molar refractivity (Wildman–Crippen MR) is 98.7 cm³/mol. The van der Waals surface area contributed by atoms with Crippen molar-refractivity contribution >= 4 is 11.9 Å². The molecule has 0 spiro atoms. The number of ether oxygens (including phenoxy) is 1. The second kappa shape index (κ2) is 8.90. The topological polar surface area (TPSA) is 86.1 Å². The minimum absolute atomic E-state index is 0.220. The third-order valence-corrected chi connectivity index (χ3v) is 4.03. The molecule has 1 atom stereocenters. The van der Waals surface area contributed by atoms with E-state index in [0.717, 1.165) is 11.1 Å². The average Bonchev–Trinajstić information content (AvgIpc) is 3.20. The number of hydrogen-bond donors (Lipinski definition) is 1. The first-order chi connectivity index (χ1) is 13.5. The molecule has 2 aromatic carbocycles. The van der Waals surface area contributed by atoms with Crippen LogP contribution in [0.15, 0.2) is 61.2 Å². The molecule has 8 heteroatoms. The Kier molecular flexibility index (Phi) is 6.11. The predicted octanol–water partition coefficient (Wildman–Crippen LogP) is 2.33. The molecule has 1 unspecified atom stereocenters. The molecule has 0 radical (unpaired) electrons. The Morgan fingerprint density at radius 3 is 2.43 bits per heavy atom. The summed E-state index contributed by atoms with van der Waals surface area (Å²) in [6.45, 7) is 2.26. The lowest BCUT2D eigenvalue weighted by molar-refractivity contribution is -0.129. The molecule has 1 heterocycles. The number of amides is 1. The number of nitrogens with zero attached hydrogens (tertiary/aromatic N) is 3. The summed E-state index contributed by atoms with van der Waals surface area (Å²) in [4.78, 5) is 28.2. The van der Waals surface area contributed by atoms with Crippen LogP contribution >= 0.6 is 0 Å². The van der Waals surface area contributed by atoms with E-state index in [2.05, 4.69) is 15.4 Å². The van der Waals surface area contributed by atoms with Crippen molar-refractivity contribution in [1.29, 1.82) is 0 Å². The van der Waals surface area contributed by atoms with E-state index in [4.69, 9.17) is 4.74 Å². The fourth-order valence-electron chi connectivity index (χ4n) is 2.46. The molecule has 144 valence electrons. The maximum Gasteiger partial charge on any atom is 0.338 e. The molecule has 1 N–H and O–H groups in total. The van der Waals surface area contributed by atoms with Gasteiger partial charge in [0.15, 0.2) is 6.10 Å². The van der Waals surface area contributed by atoms with Gasteiger partial charge >= 0.3 is 5.97 Å². The minimum Gasteiger partial charge on any atom is -0.449 e. The molecular formula is C20H19FN4O3. The van der Waals surface area contributed by atoms with Gasteiger partial charge in [0.2, 0.25) is 0 Å². The van der Waals surface area contributed by atoms with Crippen LogP contribution in [0.1, 0.15) is 28.4 Å². The lowest BCUT2D eigenvalue weighted by Gasteiger charge is -2.14. The number of rotatable bonds is 7. The number of hydrogen-bond acceptors (Lipinski definition) is 5. The molecule has 0 aliphatic heterocycles. The van der Waals surface area contributed by atoms with Crippen LogP contribution in [-0.4, -0.2) is 32.7 Å². The van der Waals surface area contributed by atoms with Crippen molar-refractivity contribution in [3.8, 4) is 0 Å². The lowest BCUT2D eigenvalue weighted by Crippen LogP contribution is -2.35. The zero-order valence-electron chi connectivity index (χ0n) is 15.2. The summed E-state index contributed by atoms with van der Waals surface area (Å²) in [6, 6.07) is 12.6. The van der Waals surface area contributed by atoms with E-state index in [1.165, 1.54) is 25.4 Å². The number of carbonyl (C=O) groups is 2. The highest BCUT2D eigenvalue weighted by molar-refractivity contribution is 5.92. The summed E-state index contributed by atoms with van der Waals surface area (Å²) in [5.74, 6) is -1.36. The summed E-state index contributed by atoms with van der Waals surface area (Å²) in [5.41, 5.74) is 2.05. The average molecular weight is 382 g/mol. The van der Waals surface area contributed by atoms with Gasteiger partial charge in [0.1, 0.15) is 18.5 Å². The molecule has 3 aromatic rings. The van der Waals surface area contributed by atoms with E-state index in [1.54, 1.807) is 47.4 Å². The van der Waals surface area contributed by atoms with E-state index in [1.807, 2.05) is 0 Å². The van der Waals surface area contributed by atoms with Crippen molar-refractivity contribution in [3.63, 3.8) is 0 Å². The van der Waals surface area contributed by atoms with Crippen LogP contribution in [0.4, 0.5) is 4.39 Å². The number of esters is 1. The molecule has 28 heavy (non-hydrogen) atoms. The maximum atomic E-state index is 12.9.